The number of carbonyl (C=O) groups excluding carboxylic acids is 1. The molecule has 1 fully saturated rings. The monoisotopic (exact) mass is 325 g/mol. The lowest BCUT2D eigenvalue weighted by atomic mass is 9.80. The summed E-state index contributed by atoms with van der Waals surface area (Å²) in [6, 6.07) is 12.7. The van der Waals surface area contributed by atoms with E-state index in [1.54, 1.807) is 4.68 Å². The van der Waals surface area contributed by atoms with Crippen LogP contribution >= 0.6 is 0 Å². The van der Waals surface area contributed by atoms with Crippen molar-refractivity contribution in [1.29, 1.82) is 0 Å². The van der Waals surface area contributed by atoms with Gasteiger partial charge in [0.2, 0.25) is 0 Å². The van der Waals surface area contributed by atoms with Crippen molar-refractivity contribution in [3.8, 4) is 0 Å². The van der Waals surface area contributed by atoms with E-state index >= 15 is 0 Å². The number of hydrogen-bond acceptors (Lipinski definition) is 2. The SMILES string of the molecule is CCn1nc(C)cc1C(=O)NC1CCCCC1Cc1ccccc1. The highest BCUT2D eigenvalue weighted by molar-refractivity contribution is 5.92. The lowest BCUT2D eigenvalue weighted by molar-refractivity contribution is 0.0895. The largest absolute Gasteiger partial charge is 0.348 e. The van der Waals surface area contributed by atoms with Crippen LogP contribution < -0.4 is 5.32 Å². The molecule has 2 unspecified atom stereocenters. The third-order valence-corrected chi connectivity index (χ3v) is 5.00. The van der Waals surface area contributed by atoms with Gasteiger partial charge in [-0.2, -0.15) is 5.10 Å². The fraction of sp³-hybridized carbons (Fsp3) is 0.500. The molecule has 24 heavy (non-hydrogen) atoms. The molecule has 1 aromatic heterocycles. The molecular formula is C20H27N3O. The number of amides is 1. The van der Waals surface area contributed by atoms with Gasteiger partial charge in [-0.1, -0.05) is 43.2 Å². The molecule has 2 aromatic rings. The van der Waals surface area contributed by atoms with Crippen molar-refractivity contribution >= 4 is 5.91 Å². The van der Waals surface area contributed by atoms with Crippen molar-refractivity contribution in [2.24, 2.45) is 5.92 Å². The maximum Gasteiger partial charge on any atom is 0.269 e. The molecule has 128 valence electrons. The second-order valence-electron chi connectivity index (χ2n) is 6.80. The van der Waals surface area contributed by atoms with Crippen LogP contribution in [-0.4, -0.2) is 21.7 Å². The highest BCUT2D eigenvalue weighted by atomic mass is 16.2. The minimum atomic E-state index is 0.0161. The summed E-state index contributed by atoms with van der Waals surface area (Å²) in [6.45, 7) is 4.67. The molecule has 1 amide bonds. The summed E-state index contributed by atoms with van der Waals surface area (Å²) in [5.74, 6) is 0.534. The highest BCUT2D eigenvalue weighted by Crippen LogP contribution is 2.28. The summed E-state index contributed by atoms with van der Waals surface area (Å²) in [7, 11) is 0. The van der Waals surface area contributed by atoms with Gasteiger partial charge in [0.15, 0.2) is 0 Å². The topological polar surface area (TPSA) is 46.9 Å². The Morgan fingerprint density at radius 1 is 1.25 bits per heavy atom. The second kappa shape index (κ2) is 7.65. The fourth-order valence-corrected chi connectivity index (χ4v) is 3.77. The van der Waals surface area contributed by atoms with Crippen molar-refractivity contribution in [3.63, 3.8) is 0 Å². The van der Waals surface area contributed by atoms with Crippen LogP contribution in [0.2, 0.25) is 0 Å². The number of nitrogens with zero attached hydrogens (tertiary/aromatic N) is 2. The third-order valence-electron chi connectivity index (χ3n) is 5.00. The van der Waals surface area contributed by atoms with Gasteiger partial charge in [0.05, 0.1) is 5.69 Å². The third kappa shape index (κ3) is 3.86. The molecule has 1 aliphatic carbocycles. The van der Waals surface area contributed by atoms with Gasteiger partial charge in [-0.15, -0.1) is 0 Å². The molecular weight excluding hydrogens is 298 g/mol. The van der Waals surface area contributed by atoms with Gasteiger partial charge in [0.1, 0.15) is 5.69 Å². The van der Waals surface area contributed by atoms with Crippen molar-refractivity contribution in [3.05, 3.63) is 53.3 Å². The van der Waals surface area contributed by atoms with Gasteiger partial charge in [-0.05, 0) is 50.7 Å². The van der Waals surface area contributed by atoms with E-state index in [-0.39, 0.29) is 11.9 Å². The lowest BCUT2D eigenvalue weighted by Gasteiger charge is -2.32. The van der Waals surface area contributed by atoms with Gasteiger partial charge in [-0.3, -0.25) is 9.48 Å². The molecule has 2 atom stereocenters. The number of carbonyl (C=O) groups is 1. The van der Waals surface area contributed by atoms with E-state index in [2.05, 4.69) is 40.7 Å². The quantitative estimate of drug-likeness (QED) is 0.910. The first-order valence-corrected chi connectivity index (χ1v) is 9.06. The van der Waals surface area contributed by atoms with Crippen molar-refractivity contribution in [1.82, 2.24) is 15.1 Å². The number of aromatic nitrogens is 2. The van der Waals surface area contributed by atoms with Gasteiger partial charge >= 0.3 is 0 Å². The Morgan fingerprint density at radius 2 is 2.00 bits per heavy atom. The zero-order valence-corrected chi connectivity index (χ0v) is 14.7. The minimum absolute atomic E-state index is 0.0161. The Hall–Kier alpha value is -2.10. The van der Waals surface area contributed by atoms with E-state index in [9.17, 15) is 4.79 Å². The zero-order chi connectivity index (χ0) is 16.9. The van der Waals surface area contributed by atoms with Crippen LogP contribution in [0.15, 0.2) is 36.4 Å². The first kappa shape index (κ1) is 16.7. The van der Waals surface area contributed by atoms with Crippen LogP contribution in [-0.2, 0) is 13.0 Å². The molecule has 0 saturated heterocycles. The summed E-state index contributed by atoms with van der Waals surface area (Å²) in [5, 5.41) is 7.68. The normalized spacial score (nSPS) is 20.8. The van der Waals surface area contributed by atoms with Crippen LogP contribution in [0.4, 0.5) is 0 Å². The summed E-state index contributed by atoms with van der Waals surface area (Å²) < 4.78 is 1.79. The Kier molecular flexibility index (Phi) is 5.34. The van der Waals surface area contributed by atoms with Crippen molar-refractivity contribution in [2.45, 2.75) is 58.5 Å². The molecule has 3 rings (SSSR count). The molecule has 1 heterocycles. The van der Waals surface area contributed by atoms with Crippen molar-refractivity contribution in [2.75, 3.05) is 0 Å². The van der Waals surface area contributed by atoms with E-state index in [4.69, 9.17) is 0 Å². The van der Waals surface area contributed by atoms with E-state index < -0.39 is 0 Å². The molecule has 1 aliphatic rings. The van der Waals surface area contributed by atoms with Crippen LogP contribution in [0.25, 0.3) is 0 Å². The fourth-order valence-electron chi connectivity index (χ4n) is 3.77. The van der Waals surface area contributed by atoms with Crippen LogP contribution in [0.3, 0.4) is 0 Å². The summed E-state index contributed by atoms with van der Waals surface area (Å²) in [6.07, 6.45) is 5.75. The Balaban J connectivity index is 1.70. The van der Waals surface area contributed by atoms with Crippen LogP contribution in [0.1, 0.15) is 54.4 Å². The molecule has 0 radical (unpaired) electrons. The summed E-state index contributed by atoms with van der Waals surface area (Å²) in [4.78, 5) is 12.7. The lowest BCUT2D eigenvalue weighted by Crippen LogP contribution is -2.43. The van der Waals surface area contributed by atoms with Gasteiger partial charge in [-0.25, -0.2) is 0 Å². The number of hydrogen-bond donors (Lipinski definition) is 1. The van der Waals surface area contributed by atoms with Crippen molar-refractivity contribution < 1.29 is 4.79 Å². The number of benzene rings is 1. The molecule has 1 saturated carbocycles. The Labute approximate surface area is 144 Å². The molecule has 4 nitrogen and oxygen atoms in total. The van der Waals surface area contributed by atoms with Gasteiger partial charge in [0.25, 0.3) is 5.91 Å². The Morgan fingerprint density at radius 3 is 2.75 bits per heavy atom. The molecule has 0 bridgehead atoms. The number of nitrogens with one attached hydrogen (secondary N) is 1. The van der Waals surface area contributed by atoms with Gasteiger partial charge in [0, 0.05) is 12.6 Å². The second-order valence-corrected chi connectivity index (χ2v) is 6.80. The Bertz CT molecular complexity index is 677. The van der Waals surface area contributed by atoms with Gasteiger partial charge < -0.3 is 5.32 Å². The first-order valence-electron chi connectivity index (χ1n) is 9.06. The first-order chi connectivity index (χ1) is 11.7. The molecule has 0 spiro atoms. The molecule has 4 heteroatoms. The highest BCUT2D eigenvalue weighted by Gasteiger charge is 2.27. The molecule has 1 N–H and O–H groups in total. The van der Waals surface area contributed by atoms with E-state index in [0.717, 1.165) is 18.5 Å². The zero-order valence-electron chi connectivity index (χ0n) is 14.7. The minimum Gasteiger partial charge on any atom is -0.348 e. The molecule has 1 aromatic carbocycles. The average Bonchev–Trinajstić information content (AvgIpc) is 2.99. The predicted molar refractivity (Wildman–Crippen MR) is 96.0 cm³/mol. The maximum atomic E-state index is 12.7. The number of rotatable bonds is 5. The van der Waals surface area contributed by atoms with E-state index in [1.165, 1.54) is 24.8 Å². The standard InChI is InChI=1S/C20H27N3O/c1-3-23-19(13-15(2)22-23)20(24)21-18-12-8-7-11-17(18)14-16-9-5-4-6-10-16/h4-6,9-10,13,17-18H,3,7-8,11-12,14H2,1-2H3,(H,21,24). The van der Waals surface area contributed by atoms with Crippen LogP contribution in [0.5, 0.6) is 0 Å². The average molecular weight is 325 g/mol. The number of aryl methyl sites for hydroxylation is 2. The smallest absolute Gasteiger partial charge is 0.269 e. The maximum absolute atomic E-state index is 12.7. The summed E-state index contributed by atoms with van der Waals surface area (Å²) in [5.41, 5.74) is 2.93. The van der Waals surface area contributed by atoms with E-state index in [0.29, 0.717) is 18.2 Å². The molecule has 0 aliphatic heterocycles. The predicted octanol–water partition coefficient (Wildman–Crippen LogP) is 3.74. The van der Waals surface area contributed by atoms with Crippen LogP contribution in [0, 0.1) is 12.8 Å². The van der Waals surface area contributed by atoms with E-state index in [1.807, 2.05) is 19.9 Å². The summed E-state index contributed by atoms with van der Waals surface area (Å²) >= 11 is 0.